The number of carbonyl (C=O) groups is 3. The van der Waals surface area contributed by atoms with Crippen LogP contribution in [-0.4, -0.2) is 30.6 Å². The Morgan fingerprint density at radius 1 is 1.22 bits per heavy atom. The molecule has 2 N–H and O–H groups in total. The van der Waals surface area contributed by atoms with E-state index in [4.69, 9.17) is 4.74 Å². The highest BCUT2D eigenvalue weighted by Gasteiger charge is 2.17. The standard InChI is InChI=1S/C16H22N2O5/c1-4-23-15(21)11-7-5-6-8-12(11)17-16(22)18-13(14(19)20)9-10(2)3/h5-8,10,13H,4,9H2,1-3H3,(H,19,20)(H2,17,18,22)/p-1/t13-/m0/s1. The summed E-state index contributed by atoms with van der Waals surface area (Å²) in [6, 6.07) is 4.49. The van der Waals surface area contributed by atoms with Crippen molar-refractivity contribution >= 4 is 23.7 Å². The molecule has 7 heteroatoms. The first-order valence-electron chi connectivity index (χ1n) is 7.39. The van der Waals surface area contributed by atoms with Crippen LogP contribution < -0.4 is 15.7 Å². The maximum absolute atomic E-state index is 12.0. The van der Waals surface area contributed by atoms with Crippen LogP contribution in [0.1, 0.15) is 37.6 Å². The van der Waals surface area contributed by atoms with Crippen LogP contribution in [0.5, 0.6) is 0 Å². The minimum absolute atomic E-state index is 0.0741. The third-order valence-corrected chi connectivity index (χ3v) is 2.97. The molecule has 0 heterocycles. The summed E-state index contributed by atoms with van der Waals surface area (Å²) in [6.07, 6.45) is 0.245. The zero-order chi connectivity index (χ0) is 17.4. The molecule has 1 rings (SSSR count). The SMILES string of the molecule is CCOC(=O)c1ccccc1NC(=O)N[C@@H](CC(C)C)C(=O)[O-]. The van der Waals surface area contributed by atoms with Crippen LogP contribution in [0.3, 0.4) is 0 Å². The van der Waals surface area contributed by atoms with Crippen LogP contribution in [0.2, 0.25) is 0 Å². The summed E-state index contributed by atoms with van der Waals surface area (Å²) in [7, 11) is 0. The number of carboxylic acid groups (broad SMARTS) is 1. The van der Waals surface area contributed by atoms with Gasteiger partial charge in [-0.3, -0.25) is 0 Å². The Morgan fingerprint density at radius 2 is 1.87 bits per heavy atom. The van der Waals surface area contributed by atoms with Gasteiger partial charge in [0.15, 0.2) is 0 Å². The van der Waals surface area contributed by atoms with Crippen molar-refractivity contribution in [3.63, 3.8) is 0 Å². The second-order valence-corrected chi connectivity index (χ2v) is 5.37. The number of urea groups is 1. The van der Waals surface area contributed by atoms with Gasteiger partial charge in [0.2, 0.25) is 0 Å². The first-order valence-corrected chi connectivity index (χ1v) is 7.39. The van der Waals surface area contributed by atoms with Crippen molar-refractivity contribution in [3.8, 4) is 0 Å². The Hall–Kier alpha value is -2.57. The third kappa shape index (κ3) is 5.98. The topological polar surface area (TPSA) is 108 Å². The lowest BCUT2D eigenvalue weighted by Crippen LogP contribution is -2.49. The minimum Gasteiger partial charge on any atom is -0.548 e. The number of aliphatic carboxylic acids is 1. The largest absolute Gasteiger partial charge is 0.548 e. The first kappa shape index (κ1) is 18.5. The number of anilines is 1. The second-order valence-electron chi connectivity index (χ2n) is 5.37. The molecular weight excluding hydrogens is 300 g/mol. The highest BCUT2D eigenvalue weighted by atomic mass is 16.5. The van der Waals surface area contributed by atoms with Gasteiger partial charge in [-0.1, -0.05) is 26.0 Å². The Morgan fingerprint density at radius 3 is 2.43 bits per heavy atom. The molecule has 2 amide bonds. The summed E-state index contributed by atoms with van der Waals surface area (Å²) in [6.45, 7) is 5.56. The summed E-state index contributed by atoms with van der Waals surface area (Å²) >= 11 is 0. The minimum atomic E-state index is -1.35. The van der Waals surface area contributed by atoms with Gasteiger partial charge in [0, 0.05) is 0 Å². The Bertz CT molecular complexity index is 571. The zero-order valence-electron chi connectivity index (χ0n) is 13.4. The fraction of sp³-hybridized carbons (Fsp3) is 0.438. The number of nitrogens with one attached hydrogen (secondary N) is 2. The van der Waals surface area contributed by atoms with Crippen molar-refractivity contribution in [2.75, 3.05) is 11.9 Å². The molecule has 0 spiro atoms. The highest BCUT2D eigenvalue weighted by Crippen LogP contribution is 2.16. The molecule has 0 radical (unpaired) electrons. The van der Waals surface area contributed by atoms with E-state index in [1.54, 1.807) is 19.1 Å². The summed E-state index contributed by atoms with van der Waals surface area (Å²) in [5.41, 5.74) is 0.434. The summed E-state index contributed by atoms with van der Waals surface area (Å²) in [4.78, 5) is 34.9. The summed E-state index contributed by atoms with van der Waals surface area (Å²) in [5.74, 6) is -1.85. The number of carboxylic acids is 1. The number of para-hydroxylation sites is 1. The predicted molar refractivity (Wildman–Crippen MR) is 82.8 cm³/mol. The van der Waals surface area contributed by atoms with Gasteiger partial charge in [-0.15, -0.1) is 0 Å². The molecule has 126 valence electrons. The lowest BCUT2D eigenvalue weighted by molar-refractivity contribution is -0.308. The number of amides is 2. The molecular formula is C16H21N2O5-. The average molecular weight is 321 g/mol. The van der Waals surface area contributed by atoms with Gasteiger partial charge in [-0.2, -0.15) is 0 Å². The van der Waals surface area contributed by atoms with E-state index in [0.29, 0.717) is 0 Å². The molecule has 0 aliphatic rings. The van der Waals surface area contributed by atoms with Crippen LogP contribution in [0.15, 0.2) is 24.3 Å². The van der Waals surface area contributed by atoms with Crippen molar-refractivity contribution in [1.29, 1.82) is 0 Å². The normalized spacial score (nSPS) is 11.7. The van der Waals surface area contributed by atoms with E-state index in [0.717, 1.165) is 0 Å². The number of carbonyl (C=O) groups excluding carboxylic acids is 3. The van der Waals surface area contributed by atoms with Gasteiger partial charge in [-0.05, 0) is 31.4 Å². The van der Waals surface area contributed by atoms with E-state index in [1.807, 2.05) is 13.8 Å². The van der Waals surface area contributed by atoms with Crippen LogP contribution in [0.4, 0.5) is 10.5 Å². The van der Waals surface area contributed by atoms with Crippen LogP contribution in [0, 0.1) is 5.92 Å². The van der Waals surface area contributed by atoms with Gasteiger partial charge >= 0.3 is 12.0 Å². The smallest absolute Gasteiger partial charge is 0.340 e. The molecule has 0 saturated heterocycles. The molecule has 0 aromatic heterocycles. The van der Waals surface area contributed by atoms with Crippen molar-refractivity contribution in [2.45, 2.75) is 33.2 Å². The predicted octanol–water partition coefficient (Wildman–Crippen LogP) is 1.15. The summed E-state index contributed by atoms with van der Waals surface area (Å²) in [5, 5.41) is 15.9. The average Bonchev–Trinajstić information content (AvgIpc) is 2.46. The third-order valence-electron chi connectivity index (χ3n) is 2.97. The van der Waals surface area contributed by atoms with Crippen LogP contribution in [-0.2, 0) is 9.53 Å². The number of benzene rings is 1. The zero-order valence-corrected chi connectivity index (χ0v) is 13.4. The number of hydrogen-bond donors (Lipinski definition) is 2. The van der Waals surface area contributed by atoms with Crippen LogP contribution in [0.25, 0.3) is 0 Å². The molecule has 0 aliphatic heterocycles. The van der Waals surface area contributed by atoms with Crippen molar-refractivity contribution < 1.29 is 24.2 Å². The Labute approximate surface area is 135 Å². The quantitative estimate of drug-likeness (QED) is 0.732. The molecule has 0 unspecified atom stereocenters. The molecule has 23 heavy (non-hydrogen) atoms. The second kappa shape index (κ2) is 8.77. The van der Waals surface area contributed by atoms with Gasteiger partial charge in [0.05, 0.1) is 29.9 Å². The molecule has 0 saturated carbocycles. The number of rotatable bonds is 7. The molecule has 0 bridgehead atoms. The number of esters is 1. The molecule has 0 fully saturated rings. The van der Waals surface area contributed by atoms with Gasteiger partial charge in [-0.25, -0.2) is 9.59 Å². The van der Waals surface area contributed by atoms with E-state index >= 15 is 0 Å². The van der Waals surface area contributed by atoms with Crippen LogP contribution >= 0.6 is 0 Å². The van der Waals surface area contributed by atoms with Gasteiger partial charge in [0.25, 0.3) is 0 Å². The molecule has 1 aromatic rings. The maximum atomic E-state index is 12.0. The summed E-state index contributed by atoms with van der Waals surface area (Å²) < 4.78 is 4.91. The number of ether oxygens (including phenoxy) is 1. The van der Waals surface area contributed by atoms with Gasteiger partial charge in [0.1, 0.15) is 0 Å². The number of hydrogen-bond acceptors (Lipinski definition) is 5. The Kier molecular flexibility index (Phi) is 7.05. The lowest BCUT2D eigenvalue weighted by Gasteiger charge is -2.22. The van der Waals surface area contributed by atoms with Crippen molar-refractivity contribution in [1.82, 2.24) is 5.32 Å². The first-order chi connectivity index (χ1) is 10.8. The highest BCUT2D eigenvalue weighted by molar-refractivity contribution is 6.01. The Balaban J connectivity index is 2.81. The maximum Gasteiger partial charge on any atom is 0.340 e. The molecule has 1 atom stereocenters. The van der Waals surface area contributed by atoms with E-state index in [2.05, 4.69) is 10.6 Å². The fourth-order valence-corrected chi connectivity index (χ4v) is 1.98. The molecule has 1 aromatic carbocycles. The van der Waals surface area contributed by atoms with E-state index in [-0.39, 0.29) is 30.2 Å². The van der Waals surface area contributed by atoms with E-state index in [1.165, 1.54) is 12.1 Å². The lowest BCUT2D eigenvalue weighted by atomic mass is 10.0. The monoisotopic (exact) mass is 321 g/mol. The van der Waals surface area contributed by atoms with Crippen molar-refractivity contribution in [2.24, 2.45) is 5.92 Å². The van der Waals surface area contributed by atoms with Crippen molar-refractivity contribution in [3.05, 3.63) is 29.8 Å². The van der Waals surface area contributed by atoms with Gasteiger partial charge < -0.3 is 25.3 Å². The van der Waals surface area contributed by atoms with E-state index in [9.17, 15) is 19.5 Å². The fourth-order valence-electron chi connectivity index (χ4n) is 1.98. The molecule has 7 nitrogen and oxygen atoms in total. The molecule has 0 aliphatic carbocycles. The van der Waals surface area contributed by atoms with E-state index < -0.39 is 24.0 Å².